The number of halogens is 1. The lowest BCUT2D eigenvalue weighted by Gasteiger charge is -2.17. The van der Waals surface area contributed by atoms with Crippen LogP contribution in [0.4, 0.5) is 0 Å². The highest BCUT2D eigenvalue weighted by molar-refractivity contribution is 6.30. The van der Waals surface area contributed by atoms with Gasteiger partial charge < -0.3 is 15.0 Å². The number of carbonyl (C=O) groups is 1. The number of ether oxygens (including phenoxy) is 1. The second-order valence-electron chi connectivity index (χ2n) is 5.94. The van der Waals surface area contributed by atoms with Crippen LogP contribution in [0.25, 0.3) is 10.9 Å². The third-order valence-corrected chi connectivity index (χ3v) is 4.54. The van der Waals surface area contributed by atoms with Crippen molar-refractivity contribution in [2.45, 2.75) is 12.3 Å². The standard InChI is InChI=1S/C20H21ClN2O2/c1-25-11-10-22-20(24)12-17(14-6-8-15(21)9-7-14)18-13-23-19-5-3-2-4-16(18)19/h2-9,13,17,23H,10-12H2,1H3,(H,22,24)/t17-/m1/s1. The molecule has 4 nitrogen and oxygen atoms in total. The van der Waals surface area contributed by atoms with Gasteiger partial charge in [0.25, 0.3) is 0 Å². The molecule has 0 fully saturated rings. The maximum atomic E-state index is 12.4. The van der Waals surface area contributed by atoms with Gasteiger partial charge in [0, 0.05) is 48.1 Å². The van der Waals surface area contributed by atoms with E-state index in [4.69, 9.17) is 16.3 Å². The van der Waals surface area contributed by atoms with Crippen molar-refractivity contribution >= 4 is 28.4 Å². The van der Waals surface area contributed by atoms with E-state index in [0.717, 1.165) is 22.0 Å². The molecule has 2 aromatic carbocycles. The summed E-state index contributed by atoms with van der Waals surface area (Å²) in [4.78, 5) is 15.7. The fourth-order valence-corrected chi connectivity index (χ4v) is 3.16. The molecule has 5 heteroatoms. The summed E-state index contributed by atoms with van der Waals surface area (Å²) in [6.07, 6.45) is 2.36. The average Bonchev–Trinajstić information content (AvgIpc) is 3.05. The Balaban J connectivity index is 1.91. The third kappa shape index (κ3) is 4.21. The molecule has 1 atom stereocenters. The number of benzene rings is 2. The maximum absolute atomic E-state index is 12.4. The number of methoxy groups -OCH3 is 1. The number of nitrogens with one attached hydrogen (secondary N) is 2. The topological polar surface area (TPSA) is 54.1 Å². The highest BCUT2D eigenvalue weighted by Gasteiger charge is 2.21. The third-order valence-electron chi connectivity index (χ3n) is 4.29. The first-order chi connectivity index (χ1) is 12.2. The fraction of sp³-hybridized carbons (Fsp3) is 0.250. The zero-order valence-electron chi connectivity index (χ0n) is 14.1. The number of H-pyrrole nitrogens is 1. The van der Waals surface area contributed by atoms with Gasteiger partial charge in [-0.05, 0) is 29.3 Å². The second kappa shape index (κ2) is 8.19. The minimum atomic E-state index is -0.0454. The highest BCUT2D eigenvalue weighted by atomic mass is 35.5. The summed E-state index contributed by atoms with van der Waals surface area (Å²) in [6, 6.07) is 15.8. The van der Waals surface area contributed by atoms with E-state index in [1.54, 1.807) is 7.11 Å². The van der Waals surface area contributed by atoms with Crippen LogP contribution in [0.1, 0.15) is 23.5 Å². The molecule has 1 amide bonds. The molecule has 0 radical (unpaired) electrons. The molecule has 0 saturated heterocycles. The Morgan fingerprint density at radius 2 is 1.96 bits per heavy atom. The van der Waals surface area contributed by atoms with Gasteiger partial charge in [-0.15, -0.1) is 0 Å². The predicted octanol–water partition coefficient (Wildman–Crippen LogP) is 4.11. The molecule has 3 aromatic rings. The van der Waals surface area contributed by atoms with Gasteiger partial charge in [0.1, 0.15) is 0 Å². The van der Waals surface area contributed by atoms with Gasteiger partial charge in [-0.2, -0.15) is 0 Å². The fourth-order valence-electron chi connectivity index (χ4n) is 3.03. The zero-order valence-corrected chi connectivity index (χ0v) is 14.8. The number of hydrogen-bond acceptors (Lipinski definition) is 2. The number of hydrogen-bond donors (Lipinski definition) is 2. The molecule has 0 bridgehead atoms. The van der Waals surface area contributed by atoms with Gasteiger partial charge in [-0.3, -0.25) is 4.79 Å². The molecule has 1 aromatic heterocycles. The Morgan fingerprint density at radius 3 is 2.72 bits per heavy atom. The quantitative estimate of drug-likeness (QED) is 0.626. The molecule has 0 aliphatic rings. The Kier molecular flexibility index (Phi) is 5.74. The lowest BCUT2D eigenvalue weighted by molar-refractivity contribution is -0.121. The SMILES string of the molecule is COCCNC(=O)C[C@H](c1ccc(Cl)cc1)c1c[nH]c2ccccc12. The molecule has 3 rings (SSSR count). The molecule has 1 heterocycles. The summed E-state index contributed by atoms with van der Waals surface area (Å²) in [7, 11) is 1.62. The Morgan fingerprint density at radius 1 is 1.20 bits per heavy atom. The lowest BCUT2D eigenvalue weighted by Crippen LogP contribution is -2.28. The molecule has 0 saturated carbocycles. The molecule has 25 heavy (non-hydrogen) atoms. The smallest absolute Gasteiger partial charge is 0.221 e. The van der Waals surface area contributed by atoms with Gasteiger partial charge in [-0.25, -0.2) is 0 Å². The molecule has 0 aliphatic carbocycles. The monoisotopic (exact) mass is 356 g/mol. The van der Waals surface area contributed by atoms with Crippen LogP contribution in [0.5, 0.6) is 0 Å². The second-order valence-corrected chi connectivity index (χ2v) is 6.38. The van der Waals surface area contributed by atoms with Crippen molar-refractivity contribution in [2.24, 2.45) is 0 Å². The van der Waals surface area contributed by atoms with Crippen LogP contribution in [0, 0.1) is 0 Å². The molecule has 130 valence electrons. The number of fused-ring (bicyclic) bond motifs is 1. The number of aromatic nitrogens is 1. The van der Waals surface area contributed by atoms with Crippen LogP contribution in [-0.4, -0.2) is 31.2 Å². The van der Waals surface area contributed by atoms with E-state index in [9.17, 15) is 4.79 Å². The van der Waals surface area contributed by atoms with Gasteiger partial charge in [-0.1, -0.05) is 41.9 Å². The molecular formula is C20H21ClN2O2. The van der Waals surface area contributed by atoms with E-state index in [-0.39, 0.29) is 11.8 Å². The van der Waals surface area contributed by atoms with Crippen molar-refractivity contribution in [1.82, 2.24) is 10.3 Å². The number of rotatable bonds is 7. The Hall–Kier alpha value is -2.30. The molecule has 2 N–H and O–H groups in total. The molecular weight excluding hydrogens is 336 g/mol. The first-order valence-electron chi connectivity index (χ1n) is 8.26. The number of aromatic amines is 1. The van der Waals surface area contributed by atoms with E-state index in [1.165, 1.54) is 0 Å². The minimum Gasteiger partial charge on any atom is -0.383 e. The van der Waals surface area contributed by atoms with Crippen LogP contribution in [0.15, 0.2) is 54.7 Å². The summed E-state index contributed by atoms with van der Waals surface area (Å²) in [5.74, 6) is -0.0433. The van der Waals surface area contributed by atoms with Crippen molar-refractivity contribution in [2.75, 3.05) is 20.3 Å². The van der Waals surface area contributed by atoms with E-state index < -0.39 is 0 Å². The van der Waals surface area contributed by atoms with Crippen LogP contribution >= 0.6 is 11.6 Å². The van der Waals surface area contributed by atoms with Gasteiger partial charge in [0.05, 0.1) is 6.61 Å². The van der Waals surface area contributed by atoms with Crippen molar-refractivity contribution in [3.63, 3.8) is 0 Å². The summed E-state index contributed by atoms with van der Waals surface area (Å²) < 4.78 is 4.99. The summed E-state index contributed by atoms with van der Waals surface area (Å²) in [6.45, 7) is 1.01. The first-order valence-corrected chi connectivity index (χ1v) is 8.64. The predicted molar refractivity (Wildman–Crippen MR) is 101 cm³/mol. The van der Waals surface area contributed by atoms with Crippen LogP contribution in [0.3, 0.4) is 0 Å². The zero-order chi connectivity index (χ0) is 17.6. The van der Waals surface area contributed by atoms with Crippen molar-refractivity contribution < 1.29 is 9.53 Å². The van der Waals surface area contributed by atoms with Gasteiger partial charge >= 0.3 is 0 Å². The lowest BCUT2D eigenvalue weighted by atomic mass is 9.88. The van der Waals surface area contributed by atoms with E-state index >= 15 is 0 Å². The maximum Gasteiger partial charge on any atom is 0.221 e. The van der Waals surface area contributed by atoms with Gasteiger partial charge in [0.15, 0.2) is 0 Å². The molecule has 0 aliphatic heterocycles. The van der Waals surface area contributed by atoms with Crippen molar-refractivity contribution in [3.8, 4) is 0 Å². The first kappa shape index (κ1) is 17.5. The molecule has 0 unspecified atom stereocenters. The summed E-state index contributed by atoms with van der Waals surface area (Å²) in [5.41, 5.74) is 3.24. The minimum absolute atomic E-state index is 0.00211. The van der Waals surface area contributed by atoms with Crippen LogP contribution in [0.2, 0.25) is 5.02 Å². The largest absolute Gasteiger partial charge is 0.383 e. The van der Waals surface area contributed by atoms with Crippen molar-refractivity contribution in [3.05, 3.63) is 70.9 Å². The highest BCUT2D eigenvalue weighted by Crippen LogP contribution is 2.33. The number of para-hydroxylation sites is 1. The molecule has 0 spiro atoms. The van der Waals surface area contributed by atoms with Crippen LogP contribution in [-0.2, 0) is 9.53 Å². The number of amides is 1. The summed E-state index contributed by atoms with van der Waals surface area (Å²) >= 11 is 6.03. The van der Waals surface area contributed by atoms with Gasteiger partial charge in [0.2, 0.25) is 5.91 Å². The van der Waals surface area contributed by atoms with E-state index in [2.05, 4.69) is 16.4 Å². The van der Waals surface area contributed by atoms with E-state index in [1.807, 2.05) is 48.7 Å². The number of carbonyl (C=O) groups excluding carboxylic acids is 1. The average molecular weight is 357 g/mol. The van der Waals surface area contributed by atoms with Crippen LogP contribution < -0.4 is 5.32 Å². The Labute approximate surface area is 152 Å². The normalized spacial score (nSPS) is 12.2. The summed E-state index contributed by atoms with van der Waals surface area (Å²) in [5, 5.41) is 4.72. The van der Waals surface area contributed by atoms with Crippen molar-refractivity contribution in [1.29, 1.82) is 0 Å². The Bertz CT molecular complexity index is 842. The van der Waals surface area contributed by atoms with E-state index in [0.29, 0.717) is 24.6 Å².